The highest BCUT2D eigenvalue weighted by Crippen LogP contribution is 2.19. The van der Waals surface area contributed by atoms with Crippen molar-refractivity contribution in [2.24, 2.45) is 0 Å². The number of halogens is 1. The molecule has 2 rings (SSSR count). The van der Waals surface area contributed by atoms with Crippen molar-refractivity contribution in [2.75, 3.05) is 12.8 Å². The van der Waals surface area contributed by atoms with E-state index in [-0.39, 0.29) is 11.7 Å². The molecule has 0 radical (unpaired) electrons. The molecule has 0 unspecified atom stereocenters. The van der Waals surface area contributed by atoms with Gasteiger partial charge in [-0.25, -0.2) is 4.39 Å². The number of rotatable bonds is 5. The van der Waals surface area contributed by atoms with Crippen LogP contribution < -0.4 is 0 Å². The van der Waals surface area contributed by atoms with Crippen LogP contribution in [-0.4, -0.2) is 23.6 Å². The quantitative estimate of drug-likeness (QED) is 0.781. The van der Waals surface area contributed by atoms with Crippen molar-refractivity contribution < 1.29 is 9.18 Å². The van der Waals surface area contributed by atoms with E-state index >= 15 is 0 Å². The molecular formula is C17H18FNOS. The monoisotopic (exact) mass is 303 g/mol. The van der Waals surface area contributed by atoms with Crippen molar-refractivity contribution in [3.63, 3.8) is 0 Å². The van der Waals surface area contributed by atoms with Gasteiger partial charge in [0.15, 0.2) is 0 Å². The molecule has 0 fully saturated rings. The van der Waals surface area contributed by atoms with E-state index in [9.17, 15) is 9.18 Å². The molecule has 0 bridgehead atoms. The summed E-state index contributed by atoms with van der Waals surface area (Å²) in [6, 6.07) is 14.3. The van der Waals surface area contributed by atoms with E-state index in [1.807, 2.05) is 31.2 Å². The van der Waals surface area contributed by atoms with Crippen LogP contribution in [0.4, 0.5) is 4.39 Å². The van der Waals surface area contributed by atoms with Crippen molar-refractivity contribution in [1.29, 1.82) is 0 Å². The van der Waals surface area contributed by atoms with Crippen molar-refractivity contribution >= 4 is 17.7 Å². The standard InChI is InChI=1S/C17H18FNOS/c1-13-3-9-16(10-4-13)21-12-17(20)19(2)11-14-5-7-15(18)8-6-14/h3-10H,11-12H2,1-2H3. The van der Waals surface area contributed by atoms with Crippen molar-refractivity contribution in [3.05, 3.63) is 65.5 Å². The van der Waals surface area contributed by atoms with Crippen LogP contribution >= 0.6 is 11.8 Å². The molecule has 0 aliphatic carbocycles. The molecule has 0 saturated heterocycles. The second-order valence-corrected chi connectivity index (χ2v) is 6.03. The number of benzene rings is 2. The smallest absolute Gasteiger partial charge is 0.232 e. The topological polar surface area (TPSA) is 20.3 Å². The molecule has 0 spiro atoms. The molecule has 2 nitrogen and oxygen atoms in total. The minimum Gasteiger partial charge on any atom is -0.341 e. The molecule has 0 aromatic heterocycles. The van der Waals surface area contributed by atoms with Crippen LogP contribution in [0.25, 0.3) is 0 Å². The number of aryl methyl sites for hydroxylation is 1. The number of carbonyl (C=O) groups excluding carboxylic acids is 1. The Labute approximate surface area is 129 Å². The van der Waals surface area contributed by atoms with Gasteiger partial charge in [0.05, 0.1) is 5.75 Å². The average Bonchev–Trinajstić information content (AvgIpc) is 2.48. The fraction of sp³-hybridized carbons (Fsp3) is 0.235. The zero-order chi connectivity index (χ0) is 15.2. The molecule has 0 aliphatic rings. The Morgan fingerprint density at radius 2 is 1.71 bits per heavy atom. The maximum atomic E-state index is 12.8. The first kappa shape index (κ1) is 15.6. The third-order valence-electron chi connectivity index (χ3n) is 3.14. The molecule has 4 heteroatoms. The predicted molar refractivity (Wildman–Crippen MR) is 84.8 cm³/mol. The van der Waals surface area contributed by atoms with Crippen molar-refractivity contribution in [3.8, 4) is 0 Å². The van der Waals surface area contributed by atoms with E-state index in [1.54, 1.807) is 24.1 Å². The summed E-state index contributed by atoms with van der Waals surface area (Å²) < 4.78 is 12.8. The highest BCUT2D eigenvalue weighted by Gasteiger charge is 2.10. The second kappa shape index (κ2) is 7.27. The maximum Gasteiger partial charge on any atom is 0.232 e. The maximum absolute atomic E-state index is 12.8. The molecule has 0 aliphatic heterocycles. The number of thioether (sulfide) groups is 1. The Morgan fingerprint density at radius 3 is 2.33 bits per heavy atom. The molecule has 110 valence electrons. The van der Waals surface area contributed by atoms with Gasteiger partial charge in [0, 0.05) is 18.5 Å². The Morgan fingerprint density at radius 1 is 1.10 bits per heavy atom. The molecule has 0 N–H and O–H groups in total. The van der Waals surface area contributed by atoms with Gasteiger partial charge in [-0.15, -0.1) is 11.8 Å². The van der Waals surface area contributed by atoms with Crippen LogP contribution in [0, 0.1) is 12.7 Å². The first-order valence-electron chi connectivity index (χ1n) is 6.72. The van der Waals surface area contributed by atoms with Gasteiger partial charge in [-0.3, -0.25) is 4.79 Å². The molecular weight excluding hydrogens is 285 g/mol. The Hall–Kier alpha value is -1.81. The summed E-state index contributed by atoms with van der Waals surface area (Å²) in [5.74, 6) is 0.202. The van der Waals surface area contributed by atoms with Gasteiger partial charge in [0.2, 0.25) is 5.91 Å². The van der Waals surface area contributed by atoms with Gasteiger partial charge < -0.3 is 4.90 Å². The normalized spacial score (nSPS) is 10.4. The highest BCUT2D eigenvalue weighted by atomic mass is 32.2. The summed E-state index contributed by atoms with van der Waals surface area (Å²) in [7, 11) is 1.77. The van der Waals surface area contributed by atoms with Gasteiger partial charge in [0.25, 0.3) is 0 Å². The Kier molecular flexibility index (Phi) is 5.39. The summed E-state index contributed by atoms with van der Waals surface area (Å²) >= 11 is 1.53. The lowest BCUT2D eigenvalue weighted by Gasteiger charge is -2.17. The van der Waals surface area contributed by atoms with Gasteiger partial charge in [0.1, 0.15) is 5.82 Å². The summed E-state index contributed by atoms with van der Waals surface area (Å²) in [5.41, 5.74) is 2.13. The summed E-state index contributed by atoms with van der Waals surface area (Å²) in [5, 5.41) is 0. The lowest BCUT2D eigenvalue weighted by molar-refractivity contribution is -0.127. The van der Waals surface area contributed by atoms with Crippen LogP contribution in [0.2, 0.25) is 0 Å². The van der Waals surface area contributed by atoms with Gasteiger partial charge >= 0.3 is 0 Å². The van der Waals surface area contributed by atoms with E-state index in [2.05, 4.69) is 0 Å². The van der Waals surface area contributed by atoms with E-state index in [1.165, 1.54) is 29.5 Å². The fourth-order valence-electron chi connectivity index (χ4n) is 1.84. The zero-order valence-electron chi connectivity index (χ0n) is 12.2. The summed E-state index contributed by atoms with van der Waals surface area (Å²) in [4.78, 5) is 14.8. The van der Waals surface area contributed by atoms with Gasteiger partial charge in [-0.2, -0.15) is 0 Å². The molecule has 0 saturated carbocycles. The molecule has 0 atom stereocenters. The fourth-order valence-corrected chi connectivity index (χ4v) is 2.68. The largest absolute Gasteiger partial charge is 0.341 e. The first-order valence-corrected chi connectivity index (χ1v) is 7.71. The van der Waals surface area contributed by atoms with Crippen LogP contribution in [0.1, 0.15) is 11.1 Å². The minimum atomic E-state index is -0.261. The summed E-state index contributed by atoms with van der Waals surface area (Å²) in [6.45, 7) is 2.53. The number of nitrogens with zero attached hydrogens (tertiary/aromatic N) is 1. The zero-order valence-corrected chi connectivity index (χ0v) is 13.0. The number of hydrogen-bond acceptors (Lipinski definition) is 2. The lowest BCUT2D eigenvalue weighted by atomic mass is 10.2. The van der Waals surface area contributed by atoms with Crippen molar-refractivity contribution in [2.45, 2.75) is 18.4 Å². The van der Waals surface area contributed by atoms with Gasteiger partial charge in [-0.1, -0.05) is 29.8 Å². The van der Waals surface area contributed by atoms with Crippen molar-refractivity contribution in [1.82, 2.24) is 4.90 Å². The molecule has 0 heterocycles. The van der Waals surface area contributed by atoms with E-state index in [0.717, 1.165) is 10.5 Å². The lowest BCUT2D eigenvalue weighted by Crippen LogP contribution is -2.27. The number of hydrogen-bond donors (Lipinski definition) is 0. The van der Waals surface area contributed by atoms with Crippen LogP contribution in [0.3, 0.4) is 0 Å². The minimum absolute atomic E-state index is 0.0601. The second-order valence-electron chi connectivity index (χ2n) is 4.98. The molecule has 2 aromatic rings. The number of carbonyl (C=O) groups is 1. The molecule has 21 heavy (non-hydrogen) atoms. The Balaban J connectivity index is 1.84. The third-order valence-corrected chi connectivity index (χ3v) is 4.14. The van der Waals surface area contributed by atoms with Crippen LogP contribution in [0.5, 0.6) is 0 Å². The Bertz CT molecular complexity index is 595. The SMILES string of the molecule is Cc1ccc(SCC(=O)N(C)Cc2ccc(F)cc2)cc1. The van der Waals surface area contributed by atoms with Gasteiger partial charge in [-0.05, 0) is 36.8 Å². The predicted octanol–water partition coefficient (Wildman–Crippen LogP) is 3.88. The molecule has 2 aromatic carbocycles. The van der Waals surface area contributed by atoms with Crippen LogP contribution in [0.15, 0.2) is 53.4 Å². The third kappa shape index (κ3) is 4.90. The highest BCUT2D eigenvalue weighted by molar-refractivity contribution is 8.00. The van der Waals surface area contributed by atoms with E-state index in [4.69, 9.17) is 0 Å². The van der Waals surface area contributed by atoms with E-state index in [0.29, 0.717) is 12.3 Å². The first-order chi connectivity index (χ1) is 10.0. The van der Waals surface area contributed by atoms with E-state index < -0.39 is 0 Å². The average molecular weight is 303 g/mol. The number of amides is 1. The molecule has 1 amide bonds. The van der Waals surface area contributed by atoms with Crippen LogP contribution in [-0.2, 0) is 11.3 Å². The summed E-state index contributed by atoms with van der Waals surface area (Å²) in [6.07, 6.45) is 0.